The number of hydrogen-bond donors (Lipinski definition) is 1. The van der Waals surface area contributed by atoms with E-state index in [0.29, 0.717) is 0 Å². The molecule has 25 heavy (non-hydrogen) atoms. The predicted molar refractivity (Wildman–Crippen MR) is 106 cm³/mol. The molecule has 0 aliphatic carbocycles. The number of rotatable bonds is 6. The van der Waals surface area contributed by atoms with Crippen molar-refractivity contribution in [2.45, 2.75) is 52.4 Å². The van der Waals surface area contributed by atoms with E-state index in [2.05, 4.69) is 86.4 Å². The van der Waals surface area contributed by atoms with Gasteiger partial charge in [-0.15, -0.1) is 0 Å². The molecule has 1 N–H and O–H groups in total. The van der Waals surface area contributed by atoms with E-state index in [1.165, 1.54) is 22.5 Å². The Hall–Kier alpha value is -2.00. The lowest BCUT2D eigenvalue weighted by Gasteiger charge is -2.43. The van der Waals surface area contributed by atoms with Gasteiger partial charge in [0.2, 0.25) is 0 Å². The van der Waals surface area contributed by atoms with Gasteiger partial charge in [0.25, 0.3) is 0 Å². The summed E-state index contributed by atoms with van der Waals surface area (Å²) in [4.78, 5) is 2.36. The van der Waals surface area contributed by atoms with E-state index in [-0.39, 0.29) is 11.8 Å². The van der Waals surface area contributed by atoms with Crippen LogP contribution in [0.15, 0.2) is 48.5 Å². The fourth-order valence-corrected chi connectivity index (χ4v) is 3.86. The van der Waals surface area contributed by atoms with Crippen molar-refractivity contribution in [3.8, 4) is 0 Å². The van der Waals surface area contributed by atoms with Crippen LogP contribution in [0.25, 0.3) is 0 Å². The lowest BCUT2D eigenvalue weighted by molar-refractivity contribution is -0.103. The van der Waals surface area contributed by atoms with Crippen molar-refractivity contribution in [1.82, 2.24) is 0 Å². The first-order valence-electron chi connectivity index (χ1n) is 9.56. The SMILES string of the molecule is CCN(CC)c1ccc([C@H]2Nc3ccccc3C(CC)(CC)O2)cc1. The van der Waals surface area contributed by atoms with Crippen LogP contribution in [0.5, 0.6) is 0 Å². The molecule has 0 bridgehead atoms. The van der Waals surface area contributed by atoms with Crippen molar-refractivity contribution < 1.29 is 4.74 Å². The quantitative estimate of drug-likeness (QED) is 0.732. The summed E-state index contributed by atoms with van der Waals surface area (Å²) >= 11 is 0. The minimum absolute atomic E-state index is 0.111. The Balaban J connectivity index is 1.91. The van der Waals surface area contributed by atoms with Crippen LogP contribution < -0.4 is 10.2 Å². The van der Waals surface area contributed by atoms with Crippen LogP contribution >= 0.6 is 0 Å². The summed E-state index contributed by atoms with van der Waals surface area (Å²) < 4.78 is 6.61. The van der Waals surface area contributed by atoms with E-state index < -0.39 is 0 Å². The molecule has 2 aromatic rings. The molecule has 2 aromatic carbocycles. The molecule has 0 radical (unpaired) electrons. The van der Waals surface area contributed by atoms with Crippen molar-refractivity contribution in [2.24, 2.45) is 0 Å². The normalized spacial score (nSPS) is 18.3. The smallest absolute Gasteiger partial charge is 0.155 e. The molecule has 0 unspecified atom stereocenters. The van der Waals surface area contributed by atoms with Crippen molar-refractivity contribution in [1.29, 1.82) is 0 Å². The summed E-state index contributed by atoms with van der Waals surface area (Å²) in [6.07, 6.45) is 1.83. The van der Waals surface area contributed by atoms with Gasteiger partial charge in [0.15, 0.2) is 6.23 Å². The molecule has 0 saturated heterocycles. The van der Waals surface area contributed by atoms with E-state index in [0.717, 1.165) is 25.9 Å². The minimum Gasteiger partial charge on any atom is -0.372 e. The van der Waals surface area contributed by atoms with Crippen molar-refractivity contribution in [3.63, 3.8) is 0 Å². The molecule has 0 amide bonds. The number of ether oxygens (including phenoxy) is 1. The summed E-state index contributed by atoms with van der Waals surface area (Å²) in [5.74, 6) is 0. The van der Waals surface area contributed by atoms with Gasteiger partial charge < -0.3 is 15.0 Å². The largest absolute Gasteiger partial charge is 0.372 e. The molecule has 134 valence electrons. The standard InChI is InChI=1S/C22H30N2O/c1-5-22(6-2)19-11-9-10-12-20(19)23-21(25-22)17-13-15-18(16-14-17)24(7-3)8-4/h9-16,21,23H,5-8H2,1-4H3/t21-/m0/s1. The Morgan fingerprint density at radius 2 is 1.56 bits per heavy atom. The molecule has 3 rings (SSSR count). The number of fused-ring (bicyclic) bond motifs is 1. The molecule has 1 atom stereocenters. The molecular formula is C22H30N2O. The van der Waals surface area contributed by atoms with Crippen LogP contribution in [0.1, 0.15) is 57.9 Å². The second-order valence-corrected chi connectivity index (χ2v) is 6.65. The second-order valence-electron chi connectivity index (χ2n) is 6.65. The van der Waals surface area contributed by atoms with Gasteiger partial charge in [-0.25, -0.2) is 0 Å². The van der Waals surface area contributed by atoms with Gasteiger partial charge in [-0.05, 0) is 44.9 Å². The van der Waals surface area contributed by atoms with Crippen LogP contribution in [-0.2, 0) is 10.3 Å². The van der Waals surface area contributed by atoms with Gasteiger partial charge in [0.1, 0.15) is 0 Å². The number of hydrogen-bond acceptors (Lipinski definition) is 3. The molecule has 0 fully saturated rings. The van der Waals surface area contributed by atoms with Crippen LogP contribution in [0.2, 0.25) is 0 Å². The summed E-state index contributed by atoms with van der Waals surface area (Å²) in [7, 11) is 0. The Labute approximate surface area is 152 Å². The van der Waals surface area contributed by atoms with Crippen molar-refractivity contribution in [2.75, 3.05) is 23.3 Å². The maximum atomic E-state index is 6.61. The third kappa shape index (κ3) is 3.25. The zero-order valence-electron chi connectivity index (χ0n) is 15.9. The zero-order chi connectivity index (χ0) is 17.9. The van der Waals surface area contributed by atoms with E-state index in [4.69, 9.17) is 4.74 Å². The Bertz CT molecular complexity index is 687. The van der Waals surface area contributed by atoms with Crippen molar-refractivity contribution >= 4 is 11.4 Å². The number of nitrogens with zero attached hydrogens (tertiary/aromatic N) is 1. The summed E-state index contributed by atoms with van der Waals surface area (Å²) in [5.41, 5.74) is 4.69. The highest BCUT2D eigenvalue weighted by atomic mass is 16.5. The highest BCUT2D eigenvalue weighted by Crippen LogP contribution is 2.45. The van der Waals surface area contributed by atoms with Gasteiger partial charge in [-0.1, -0.05) is 44.2 Å². The number of para-hydroxylation sites is 1. The number of nitrogens with one attached hydrogen (secondary N) is 1. The number of benzene rings is 2. The predicted octanol–water partition coefficient (Wildman–Crippen LogP) is 5.69. The highest BCUT2D eigenvalue weighted by Gasteiger charge is 2.38. The van der Waals surface area contributed by atoms with Crippen LogP contribution in [0.3, 0.4) is 0 Å². The van der Waals surface area contributed by atoms with Gasteiger partial charge in [-0.3, -0.25) is 0 Å². The highest BCUT2D eigenvalue weighted by molar-refractivity contribution is 5.57. The molecule has 0 aromatic heterocycles. The van der Waals surface area contributed by atoms with Crippen LogP contribution in [-0.4, -0.2) is 13.1 Å². The molecule has 1 aliphatic rings. The fraction of sp³-hybridized carbons (Fsp3) is 0.455. The van der Waals surface area contributed by atoms with Gasteiger partial charge >= 0.3 is 0 Å². The van der Waals surface area contributed by atoms with Gasteiger partial charge in [-0.2, -0.15) is 0 Å². The first-order valence-corrected chi connectivity index (χ1v) is 9.56. The van der Waals surface area contributed by atoms with Gasteiger partial charge in [0.05, 0.1) is 5.60 Å². The Kier molecular flexibility index (Phi) is 5.33. The van der Waals surface area contributed by atoms with E-state index in [1.54, 1.807) is 0 Å². The van der Waals surface area contributed by atoms with Crippen LogP contribution in [0, 0.1) is 0 Å². The van der Waals surface area contributed by atoms with Crippen molar-refractivity contribution in [3.05, 3.63) is 59.7 Å². The average Bonchev–Trinajstić information content (AvgIpc) is 2.68. The molecule has 3 heteroatoms. The van der Waals surface area contributed by atoms with Crippen LogP contribution in [0.4, 0.5) is 11.4 Å². The van der Waals surface area contributed by atoms with E-state index >= 15 is 0 Å². The minimum atomic E-state index is -0.218. The first kappa shape index (κ1) is 17.8. The second kappa shape index (κ2) is 7.49. The lowest BCUT2D eigenvalue weighted by Crippen LogP contribution is -2.37. The molecule has 0 saturated carbocycles. The zero-order valence-corrected chi connectivity index (χ0v) is 15.9. The summed E-state index contributed by atoms with van der Waals surface area (Å²) in [6.45, 7) is 10.9. The maximum absolute atomic E-state index is 6.61. The summed E-state index contributed by atoms with van der Waals surface area (Å²) in [5, 5.41) is 3.58. The third-order valence-corrected chi connectivity index (χ3v) is 5.51. The molecule has 3 nitrogen and oxygen atoms in total. The Morgan fingerprint density at radius 1 is 0.920 bits per heavy atom. The molecule has 0 spiro atoms. The Morgan fingerprint density at radius 3 is 2.16 bits per heavy atom. The summed E-state index contributed by atoms with van der Waals surface area (Å²) in [6, 6.07) is 17.3. The molecule has 1 heterocycles. The lowest BCUT2D eigenvalue weighted by atomic mass is 9.85. The van der Waals surface area contributed by atoms with Gasteiger partial charge in [0, 0.05) is 35.6 Å². The monoisotopic (exact) mass is 338 g/mol. The van der Waals surface area contributed by atoms with E-state index in [1.807, 2.05) is 0 Å². The van der Waals surface area contributed by atoms with E-state index in [9.17, 15) is 0 Å². The average molecular weight is 338 g/mol. The molecular weight excluding hydrogens is 308 g/mol. The molecule has 1 aliphatic heterocycles. The maximum Gasteiger partial charge on any atom is 0.155 e. The topological polar surface area (TPSA) is 24.5 Å². The third-order valence-electron chi connectivity index (χ3n) is 5.51. The number of anilines is 2. The first-order chi connectivity index (χ1) is 12.2. The fourth-order valence-electron chi connectivity index (χ4n) is 3.86.